The Bertz CT molecular complexity index is 1000. The minimum Gasteiger partial charge on any atom is -0.441 e. The van der Waals surface area contributed by atoms with Gasteiger partial charge in [0.1, 0.15) is 0 Å². The van der Waals surface area contributed by atoms with Crippen molar-refractivity contribution in [3.8, 4) is 11.3 Å². The molecule has 0 bridgehead atoms. The SMILES string of the molecule is O=C(CCc1ncc(-c2ccccc2)o1)Nc1n[nH]c2ccccc12. The molecule has 0 saturated heterocycles. The van der Waals surface area contributed by atoms with Crippen LogP contribution in [0.15, 0.2) is 65.2 Å². The third kappa shape index (κ3) is 3.28. The van der Waals surface area contributed by atoms with Crippen molar-refractivity contribution in [2.45, 2.75) is 12.8 Å². The Morgan fingerprint density at radius 2 is 1.88 bits per heavy atom. The average Bonchev–Trinajstić information content (AvgIpc) is 3.28. The molecule has 1 amide bonds. The van der Waals surface area contributed by atoms with Crippen molar-refractivity contribution in [3.05, 3.63) is 66.7 Å². The molecule has 2 aromatic carbocycles. The van der Waals surface area contributed by atoms with Gasteiger partial charge >= 0.3 is 0 Å². The van der Waals surface area contributed by atoms with Gasteiger partial charge in [-0.25, -0.2) is 4.98 Å². The highest BCUT2D eigenvalue weighted by atomic mass is 16.4. The van der Waals surface area contributed by atoms with Gasteiger partial charge in [0.15, 0.2) is 17.5 Å². The number of carbonyl (C=O) groups is 1. The Kier molecular flexibility index (Phi) is 4.00. The monoisotopic (exact) mass is 332 g/mol. The highest BCUT2D eigenvalue weighted by Gasteiger charge is 2.11. The molecule has 6 heteroatoms. The predicted octanol–water partition coefficient (Wildman–Crippen LogP) is 3.79. The van der Waals surface area contributed by atoms with Gasteiger partial charge in [-0.2, -0.15) is 5.10 Å². The van der Waals surface area contributed by atoms with Crippen LogP contribution in [0.5, 0.6) is 0 Å². The van der Waals surface area contributed by atoms with E-state index in [2.05, 4.69) is 20.5 Å². The van der Waals surface area contributed by atoms with Crippen LogP contribution in [-0.2, 0) is 11.2 Å². The van der Waals surface area contributed by atoms with Crippen molar-refractivity contribution in [1.29, 1.82) is 0 Å². The van der Waals surface area contributed by atoms with Crippen molar-refractivity contribution in [2.75, 3.05) is 5.32 Å². The summed E-state index contributed by atoms with van der Waals surface area (Å²) in [6.07, 6.45) is 2.39. The molecule has 0 unspecified atom stereocenters. The van der Waals surface area contributed by atoms with Gasteiger partial charge in [-0.3, -0.25) is 9.89 Å². The minimum atomic E-state index is -0.128. The molecule has 0 aliphatic heterocycles. The van der Waals surface area contributed by atoms with Crippen LogP contribution in [-0.4, -0.2) is 21.1 Å². The molecule has 4 aromatic rings. The number of rotatable bonds is 5. The van der Waals surface area contributed by atoms with Crippen LogP contribution in [0.4, 0.5) is 5.82 Å². The molecule has 0 aliphatic rings. The molecule has 2 N–H and O–H groups in total. The number of nitrogens with one attached hydrogen (secondary N) is 2. The fourth-order valence-corrected chi connectivity index (χ4v) is 2.64. The van der Waals surface area contributed by atoms with Gasteiger partial charge in [0.25, 0.3) is 0 Å². The molecule has 124 valence electrons. The van der Waals surface area contributed by atoms with Crippen molar-refractivity contribution >= 4 is 22.6 Å². The molecular weight excluding hydrogens is 316 g/mol. The lowest BCUT2D eigenvalue weighted by Gasteiger charge is -2.01. The molecule has 2 heterocycles. The summed E-state index contributed by atoms with van der Waals surface area (Å²) in [5.74, 6) is 1.66. The smallest absolute Gasteiger partial charge is 0.226 e. The maximum absolute atomic E-state index is 12.2. The molecule has 4 rings (SSSR count). The predicted molar refractivity (Wildman–Crippen MR) is 95.0 cm³/mol. The van der Waals surface area contributed by atoms with E-state index < -0.39 is 0 Å². The molecule has 0 radical (unpaired) electrons. The molecule has 0 spiro atoms. The van der Waals surface area contributed by atoms with E-state index in [1.54, 1.807) is 6.20 Å². The van der Waals surface area contributed by atoms with Gasteiger partial charge in [0, 0.05) is 23.8 Å². The Morgan fingerprint density at radius 3 is 2.76 bits per heavy atom. The van der Waals surface area contributed by atoms with E-state index in [1.165, 1.54) is 0 Å². The first kappa shape index (κ1) is 15.1. The Balaban J connectivity index is 1.38. The van der Waals surface area contributed by atoms with Crippen molar-refractivity contribution in [3.63, 3.8) is 0 Å². The number of oxazole rings is 1. The Labute approximate surface area is 143 Å². The number of nitrogens with zero attached hydrogens (tertiary/aromatic N) is 2. The summed E-state index contributed by atoms with van der Waals surface area (Å²) in [5, 5.41) is 10.7. The maximum Gasteiger partial charge on any atom is 0.226 e. The molecule has 6 nitrogen and oxygen atoms in total. The number of hydrogen-bond acceptors (Lipinski definition) is 4. The number of H-pyrrole nitrogens is 1. The zero-order chi connectivity index (χ0) is 17.1. The number of anilines is 1. The average molecular weight is 332 g/mol. The fourth-order valence-electron chi connectivity index (χ4n) is 2.64. The number of aromatic nitrogens is 3. The number of aromatic amines is 1. The number of carbonyl (C=O) groups excluding carboxylic acids is 1. The Morgan fingerprint density at radius 1 is 1.08 bits per heavy atom. The second-order valence-corrected chi connectivity index (χ2v) is 5.65. The third-order valence-corrected chi connectivity index (χ3v) is 3.91. The number of para-hydroxylation sites is 1. The summed E-state index contributed by atoms with van der Waals surface area (Å²) in [6, 6.07) is 17.4. The number of benzene rings is 2. The van der Waals surface area contributed by atoms with E-state index in [-0.39, 0.29) is 12.3 Å². The van der Waals surface area contributed by atoms with Gasteiger partial charge in [-0.1, -0.05) is 42.5 Å². The summed E-state index contributed by atoms with van der Waals surface area (Å²) < 4.78 is 5.71. The van der Waals surface area contributed by atoms with Crippen LogP contribution < -0.4 is 5.32 Å². The normalized spacial score (nSPS) is 10.9. The van der Waals surface area contributed by atoms with E-state index in [1.807, 2.05) is 54.6 Å². The van der Waals surface area contributed by atoms with E-state index in [9.17, 15) is 4.79 Å². The van der Waals surface area contributed by atoms with Crippen molar-refractivity contribution in [2.24, 2.45) is 0 Å². The summed E-state index contributed by atoms with van der Waals surface area (Å²) in [7, 11) is 0. The minimum absolute atomic E-state index is 0.128. The van der Waals surface area contributed by atoms with Crippen LogP contribution >= 0.6 is 0 Å². The van der Waals surface area contributed by atoms with Crippen molar-refractivity contribution in [1.82, 2.24) is 15.2 Å². The van der Waals surface area contributed by atoms with E-state index >= 15 is 0 Å². The summed E-state index contributed by atoms with van der Waals surface area (Å²) in [5.41, 5.74) is 1.85. The molecule has 25 heavy (non-hydrogen) atoms. The second kappa shape index (κ2) is 6.60. The fraction of sp³-hybridized carbons (Fsp3) is 0.105. The lowest BCUT2D eigenvalue weighted by atomic mass is 10.2. The number of aryl methyl sites for hydroxylation is 1. The van der Waals surface area contributed by atoms with Gasteiger partial charge in [0.2, 0.25) is 5.91 Å². The quantitative estimate of drug-likeness (QED) is 0.582. The number of fused-ring (bicyclic) bond motifs is 1. The van der Waals surface area contributed by atoms with E-state index in [0.717, 1.165) is 16.5 Å². The van der Waals surface area contributed by atoms with Gasteiger partial charge in [-0.05, 0) is 12.1 Å². The zero-order valence-electron chi connectivity index (χ0n) is 13.4. The van der Waals surface area contributed by atoms with Gasteiger partial charge in [0.05, 0.1) is 11.7 Å². The first-order valence-electron chi connectivity index (χ1n) is 8.03. The van der Waals surface area contributed by atoms with Crippen LogP contribution in [0, 0.1) is 0 Å². The molecule has 2 aromatic heterocycles. The van der Waals surface area contributed by atoms with Crippen LogP contribution in [0.2, 0.25) is 0 Å². The number of amides is 1. The van der Waals surface area contributed by atoms with Crippen LogP contribution in [0.1, 0.15) is 12.3 Å². The lowest BCUT2D eigenvalue weighted by Crippen LogP contribution is -2.12. The maximum atomic E-state index is 12.2. The standard InChI is InChI=1S/C19H16N4O2/c24-17(21-19-14-8-4-5-9-15(14)22-23-19)10-11-18-20-12-16(25-18)13-6-2-1-3-7-13/h1-9,12H,10-11H2,(H2,21,22,23,24). The number of hydrogen-bond donors (Lipinski definition) is 2. The highest BCUT2D eigenvalue weighted by molar-refractivity contribution is 5.99. The molecular formula is C19H16N4O2. The van der Waals surface area contributed by atoms with Gasteiger partial charge in [-0.15, -0.1) is 0 Å². The molecule has 0 saturated carbocycles. The molecule has 0 fully saturated rings. The van der Waals surface area contributed by atoms with Crippen molar-refractivity contribution < 1.29 is 9.21 Å². The third-order valence-electron chi connectivity index (χ3n) is 3.91. The van der Waals surface area contributed by atoms with E-state index in [4.69, 9.17) is 4.42 Å². The zero-order valence-corrected chi connectivity index (χ0v) is 13.4. The Hall–Kier alpha value is -3.41. The van der Waals surface area contributed by atoms with Crippen LogP contribution in [0.3, 0.4) is 0 Å². The highest BCUT2D eigenvalue weighted by Crippen LogP contribution is 2.21. The second-order valence-electron chi connectivity index (χ2n) is 5.65. The molecule has 0 aliphatic carbocycles. The van der Waals surface area contributed by atoms with Gasteiger partial charge < -0.3 is 9.73 Å². The van der Waals surface area contributed by atoms with Crippen LogP contribution in [0.25, 0.3) is 22.2 Å². The topological polar surface area (TPSA) is 83.8 Å². The largest absolute Gasteiger partial charge is 0.441 e. The van der Waals surface area contributed by atoms with E-state index in [0.29, 0.717) is 23.9 Å². The summed E-state index contributed by atoms with van der Waals surface area (Å²) >= 11 is 0. The molecule has 0 atom stereocenters. The first-order valence-corrected chi connectivity index (χ1v) is 8.03. The summed E-state index contributed by atoms with van der Waals surface area (Å²) in [6.45, 7) is 0. The first-order chi connectivity index (χ1) is 12.3. The summed E-state index contributed by atoms with van der Waals surface area (Å²) in [4.78, 5) is 16.4. The lowest BCUT2D eigenvalue weighted by molar-refractivity contribution is -0.116.